The highest BCUT2D eigenvalue weighted by atomic mass is 16.5. The standard InChI is InChI=1S/C24H26N4O/c1-16-10-21(11-17(2)28-16)23(14-26)24(27)20-4-3-5-22(12-20)29-15-19-8-6-18(13-25)7-9-19/h3-12,14,26H,13,15,25,27H2,1-2H3. The predicted molar refractivity (Wildman–Crippen MR) is 119 cm³/mol. The van der Waals surface area contributed by atoms with E-state index in [1.807, 2.05) is 74.5 Å². The number of aromatic nitrogens is 1. The van der Waals surface area contributed by atoms with Crippen LogP contribution < -0.4 is 16.2 Å². The van der Waals surface area contributed by atoms with Crippen LogP contribution in [0.25, 0.3) is 11.3 Å². The molecule has 29 heavy (non-hydrogen) atoms. The van der Waals surface area contributed by atoms with E-state index in [-0.39, 0.29) is 0 Å². The lowest BCUT2D eigenvalue weighted by molar-refractivity contribution is 0.306. The smallest absolute Gasteiger partial charge is 0.120 e. The van der Waals surface area contributed by atoms with Crippen molar-refractivity contribution in [3.8, 4) is 5.75 Å². The Balaban J connectivity index is 1.84. The van der Waals surface area contributed by atoms with Gasteiger partial charge in [-0.25, -0.2) is 0 Å². The molecule has 0 bridgehead atoms. The van der Waals surface area contributed by atoms with Crippen LogP contribution in [0.2, 0.25) is 0 Å². The average Bonchev–Trinajstić information content (AvgIpc) is 2.72. The van der Waals surface area contributed by atoms with Gasteiger partial charge in [-0.3, -0.25) is 4.98 Å². The SMILES string of the molecule is Cc1cc(C(C=N)=C(N)c2cccc(OCc3ccc(CN)cc3)c2)cc(C)n1. The maximum atomic E-state index is 7.87. The van der Waals surface area contributed by atoms with Crippen molar-refractivity contribution >= 4 is 17.5 Å². The molecule has 5 N–H and O–H groups in total. The minimum atomic E-state index is 0.456. The summed E-state index contributed by atoms with van der Waals surface area (Å²) in [6.45, 7) is 4.85. The first-order valence-electron chi connectivity index (χ1n) is 9.47. The molecular formula is C24H26N4O. The summed E-state index contributed by atoms with van der Waals surface area (Å²) in [4.78, 5) is 4.40. The van der Waals surface area contributed by atoms with E-state index in [1.165, 1.54) is 6.21 Å². The first-order valence-corrected chi connectivity index (χ1v) is 9.47. The van der Waals surface area contributed by atoms with E-state index >= 15 is 0 Å². The third-order valence-electron chi connectivity index (χ3n) is 4.64. The fourth-order valence-electron chi connectivity index (χ4n) is 3.15. The second-order valence-electron chi connectivity index (χ2n) is 6.95. The van der Waals surface area contributed by atoms with Crippen LogP contribution in [-0.4, -0.2) is 11.2 Å². The van der Waals surface area contributed by atoms with E-state index in [4.69, 9.17) is 21.6 Å². The Bertz CT molecular complexity index is 1020. The zero-order valence-electron chi connectivity index (χ0n) is 16.8. The summed E-state index contributed by atoms with van der Waals surface area (Å²) < 4.78 is 5.94. The molecule has 0 aliphatic rings. The molecule has 5 nitrogen and oxygen atoms in total. The highest BCUT2D eigenvalue weighted by Gasteiger charge is 2.09. The first kappa shape index (κ1) is 20.3. The zero-order chi connectivity index (χ0) is 20.8. The number of nitrogens with two attached hydrogens (primary N) is 2. The van der Waals surface area contributed by atoms with Gasteiger partial charge >= 0.3 is 0 Å². The molecule has 0 radical (unpaired) electrons. The minimum Gasteiger partial charge on any atom is -0.489 e. The van der Waals surface area contributed by atoms with E-state index in [0.717, 1.165) is 39.4 Å². The molecular weight excluding hydrogens is 360 g/mol. The summed E-state index contributed by atoms with van der Waals surface area (Å²) >= 11 is 0. The fraction of sp³-hybridized carbons (Fsp3) is 0.167. The number of pyridine rings is 1. The van der Waals surface area contributed by atoms with Crippen LogP contribution >= 0.6 is 0 Å². The second kappa shape index (κ2) is 9.17. The van der Waals surface area contributed by atoms with Gasteiger partial charge in [-0.2, -0.15) is 0 Å². The first-order chi connectivity index (χ1) is 14.0. The topological polar surface area (TPSA) is 98.0 Å². The van der Waals surface area contributed by atoms with Gasteiger partial charge < -0.3 is 21.6 Å². The average molecular weight is 386 g/mol. The number of rotatable bonds is 7. The summed E-state index contributed by atoms with van der Waals surface area (Å²) in [5, 5.41) is 7.87. The monoisotopic (exact) mass is 386 g/mol. The largest absolute Gasteiger partial charge is 0.489 e. The predicted octanol–water partition coefficient (Wildman–Crippen LogP) is 4.21. The van der Waals surface area contributed by atoms with Crippen molar-refractivity contribution in [1.82, 2.24) is 4.98 Å². The van der Waals surface area contributed by atoms with Crippen molar-refractivity contribution in [2.24, 2.45) is 11.5 Å². The van der Waals surface area contributed by atoms with Gasteiger partial charge in [0.2, 0.25) is 0 Å². The quantitative estimate of drug-likeness (QED) is 0.530. The molecule has 5 heteroatoms. The molecule has 1 aromatic heterocycles. The van der Waals surface area contributed by atoms with Gasteiger partial charge in [0.25, 0.3) is 0 Å². The van der Waals surface area contributed by atoms with Gasteiger partial charge in [0.05, 0.1) is 0 Å². The zero-order valence-corrected chi connectivity index (χ0v) is 16.8. The fourth-order valence-corrected chi connectivity index (χ4v) is 3.15. The molecule has 0 unspecified atom stereocenters. The normalized spacial score (nSPS) is 11.7. The van der Waals surface area contributed by atoms with E-state index in [2.05, 4.69) is 4.98 Å². The summed E-state index contributed by atoms with van der Waals surface area (Å²) in [5.74, 6) is 0.722. The number of hydrogen-bond acceptors (Lipinski definition) is 5. The maximum Gasteiger partial charge on any atom is 0.120 e. The van der Waals surface area contributed by atoms with Crippen molar-refractivity contribution in [3.05, 3.63) is 94.3 Å². The molecule has 0 atom stereocenters. The Morgan fingerprint density at radius 3 is 2.24 bits per heavy atom. The number of nitrogens with one attached hydrogen (secondary N) is 1. The van der Waals surface area contributed by atoms with Gasteiger partial charge in [0.1, 0.15) is 12.4 Å². The van der Waals surface area contributed by atoms with Crippen molar-refractivity contribution in [2.75, 3.05) is 0 Å². The molecule has 0 spiro atoms. The Hall–Kier alpha value is -3.44. The van der Waals surface area contributed by atoms with Crippen LogP contribution in [0.4, 0.5) is 0 Å². The molecule has 0 saturated carbocycles. The lowest BCUT2D eigenvalue weighted by Gasteiger charge is -2.12. The third kappa shape index (κ3) is 5.09. The van der Waals surface area contributed by atoms with Crippen LogP contribution in [0.15, 0.2) is 60.7 Å². The highest BCUT2D eigenvalue weighted by molar-refractivity contribution is 6.17. The van der Waals surface area contributed by atoms with Crippen LogP contribution in [0, 0.1) is 19.3 Å². The molecule has 0 saturated heterocycles. The van der Waals surface area contributed by atoms with Gasteiger partial charge in [0.15, 0.2) is 0 Å². The van der Waals surface area contributed by atoms with Gasteiger partial charge in [-0.05, 0) is 54.8 Å². The summed E-state index contributed by atoms with van der Waals surface area (Å²) in [7, 11) is 0. The number of ether oxygens (including phenoxy) is 1. The third-order valence-corrected chi connectivity index (χ3v) is 4.64. The second-order valence-corrected chi connectivity index (χ2v) is 6.95. The van der Waals surface area contributed by atoms with Crippen molar-refractivity contribution in [3.63, 3.8) is 0 Å². The van der Waals surface area contributed by atoms with E-state index in [9.17, 15) is 0 Å². The van der Waals surface area contributed by atoms with E-state index in [1.54, 1.807) is 0 Å². The van der Waals surface area contributed by atoms with Crippen LogP contribution in [0.5, 0.6) is 5.75 Å². The van der Waals surface area contributed by atoms with Crippen molar-refractivity contribution in [1.29, 1.82) is 5.41 Å². The van der Waals surface area contributed by atoms with Gasteiger partial charge in [-0.1, -0.05) is 36.4 Å². The van der Waals surface area contributed by atoms with Crippen LogP contribution in [0.3, 0.4) is 0 Å². The van der Waals surface area contributed by atoms with Gasteiger partial charge in [-0.15, -0.1) is 0 Å². The van der Waals surface area contributed by atoms with Crippen molar-refractivity contribution in [2.45, 2.75) is 27.0 Å². The van der Waals surface area contributed by atoms with E-state index < -0.39 is 0 Å². The molecule has 148 valence electrons. The lowest BCUT2D eigenvalue weighted by Crippen LogP contribution is -2.04. The molecule has 0 amide bonds. The Morgan fingerprint density at radius 1 is 0.966 bits per heavy atom. The van der Waals surface area contributed by atoms with Crippen LogP contribution in [0.1, 0.15) is 33.6 Å². The van der Waals surface area contributed by atoms with E-state index in [0.29, 0.717) is 24.4 Å². The Labute approximate surface area is 171 Å². The Morgan fingerprint density at radius 2 is 1.62 bits per heavy atom. The number of aryl methyl sites for hydroxylation is 2. The summed E-state index contributed by atoms with van der Waals surface area (Å²) in [6.07, 6.45) is 1.29. The van der Waals surface area contributed by atoms with Gasteiger partial charge in [0, 0.05) is 41.0 Å². The molecule has 1 heterocycles. The highest BCUT2D eigenvalue weighted by Crippen LogP contribution is 2.25. The summed E-state index contributed by atoms with van der Waals surface area (Å²) in [6, 6.07) is 19.5. The number of benzene rings is 2. The number of allylic oxidation sites excluding steroid dienone is 1. The van der Waals surface area contributed by atoms with Crippen LogP contribution in [-0.2, 0) is 13.2 Å². The molecule has 0 aliphatic carbocycles. The minimum absolute atomic E-state index is 0.456. The summed E-state index contributed by atoms with van der Waals surface area (Å²) in [5.41, 5.74) is 18.9. The number of nitrogens with zero attached hydrogens (tertiary/aromatic N) is 1. The molecule has 0 fully saturated rings. The molecule has 3 rings (SSSR count). The molecule has 2 aromatic carbocycles. The lowest BCUT2D eigenvalue weighted by atomic mass is 10.00. The molecule has 0 aliphatic heterocycles. The Kier molecular flexibility index (Phi) is 6.42. The maximum absolute atomic E-state index is 7.87. The molecule has 3 aromatic rings. The van der Waals surface area contributed by atoms with Crippen molar-refractivity contribution < 1.29 is 4.74 Å². The number of hydrogen-bond donors (Lipinski definition) is 3.